The molecule has 1 aliphatic carbocycles. The molecule has 1 aliphatic rings. The smallest absolute Gasteiger partial charge is 0.223 e. The number of carbonyl (C=O) groups excluding carboxylic acids is 1. The van der Waals surface area contributed by atoms with E-state index in [-0.39, 0.29) is 17.9 Å². The summed E-state index contributed by atoms with van der Waals surface area (Å²) in [7, 11) is 0. The van der Waals surface area contributed by atoms with Gasteiger partial charge in [0.15, 0.2) is 0 Å². The molecule has 0 aromatic carbocycles. The van der Waals surface area contributed by atoms with Crippen molar-refractivity contribution in [3.8, 4) is 0 Å². The lowest BCUT2D eigenvalue weighted by molar-refractivity contribution is -0.126. The lowest BCUT2D eigenvalue weighted by atomic mass is 9.81. The summed E-state index contributed by atoms with van der Waals surface area (Å²) in [6.45, 7) is 3.55. The van der Waals surface area contributed by atoms with Crippen LogP contribution in [0, 0.1) is 11.8 Å². The molecule has 1 fully saturated rings. The van der Waals surface area contributed by atoms with Crippen molar-refractivity contribution in [1.82, 2.24) is 14.9 Å². The Morgan fingerprint density at radius 3 is 2.79 bits per heavy atom. The minimum Gasteiger partial charge on any atom is -0.352 e. The number of carbonyl (C=O) groups is 1. The third-order valence-corrected chi connectivity index (χ3v) is 3.98. The van der Waals surface area contributed by atoms with Crippen molar-refractivity contribution in [3.63, 3.8) is 0 Å². The summed E-state index contributed by atoms with van der Waals surface area (Å²) in [6.07, 6.45) is 9.57. The minimum absolute atomic E-state index is 0.133. The molecule has 2 rings (SSSR count). The normalized spacial score (nSPS) is 24.9. The van der Waals surface area contributed by atoms with Crippen LogP contribution in [0.4, 0.5) is 0 Å². The van der Waals surface area contributed by atoms with Crippen LogP contribution in [0.5, 0.6) is 0 Å². The number of amides is 1. The first-order chi connectivity index (χ1) is 9.19. The molecule has 0 bridgehead atoms. The fourth-order valence-corrected chi connectivity index (χ4v) is 2.78. The van der Waals surface area contributed by atoms with Crippen molar-refractivity contribution in [2.24, 2.45) is 17.6 Å². The van der Waals surface area contributed by atoms with Gasteiger partial charge in [-0.3, -0.25) is 4.79 Å². The average Bonchev–Trinajstić information content (AvgIpc) is 2.91. The van der Waals surface area contributed by atoms with Gasteiger partial charge in [0, 0.05) is 30.9 Å². The van der Waals surface area contributed by atoms with E-state index in [1.807, 2.05) is 17.7 Å². The Bertz CT molecular complexity index is 382. The van der Waals surface area contributed by atoms with Crippen molar-refractivity contribution in [1.29, 1.82) is 0 Å². The van der Waals surface area contributed by atoms with E-state index in [2.05, 4.69) is 10.3 Å². The molecule has 1 aromatic rings. The largest absolute Gasteiger partial charge is 0.352 e. The lowest BCUT2D eigenvalue weighted by Gasteiger charge is -2.28. The predicted molar refractivity (Wildman–Crippen MR) is 74.3 cm³/mol. The van der Waals surface area contributed by atoms with Gasteiger partial charge in [0.05, 0.1) is 6.33 Å². The first-order valence-corrected chi connectivity index (χ1v) is 7.15. The van der Waals surface area contributed by atoms with Gasteiger partial charge < -0.3 is 15.6 Å². The Balaban J connectivity index is 1.74. The molecule has 5 heteroatoms. The highest BCUT2D eigenvalue weighted by atomic mass is 16.1. The second-order valence-corrected chi connectivity index (χ2v) is 5.62. The molecule has 1 heterocycles. The molecule has 0 saturated heterocycles. The second kappa shape index (κ2) is 6.70. The first-order valence-electron chi connectivity index (χ1n) is 7.15. The Morgan fingerprint density at radius 2 is 2.21 bits per heavy atom. The zero-order valence-corrected chi connectivity index (χ0v) is 11.6. The highest BCUT2D eigenvalue weighted by molar-refractivity contribution is 5.78. The molecule has 0 spiro atoms. The molecular formula is C14H24N4O. The van der Waals surface area contributed by atoms with Crippen LogP contribution < -0.4 is 11.1 Å². The predicted octanol–water partition coefficient (Wildman–Crippen LogP) is 1.15. The third kappa shape index (κ3) is 4.06. The van der Waals surface area contributed by atoms with Crippen LogP contribution in [0.1, 0.15) is 32.6 Å². The zero-order valence-electron chi connectivity index (χ0n) is 11.6. The molecule has 0 aliphatic heterocycles. The van der Waals surface area contributed by atoms with Crippen LogP contribution in [-0.2, 0) is 11.3 Å². The summed E-state index contributed by atoms with van der Waals surface area (Å²) in [5.74, 6) is 0.989. The van der Waals surface area contributed by atoms with Crippen LogP contribution in [0.3, 0.4) is 0 Å². The van der Waals surface area contributed by atoms with Gasteiger partial charge in [-0.1, -0.05) is 0 Å². The van der Waals surface area contributed by atoms with E-state index in [1.165, 1.54) is 0 Å². The summed E-state index contributed by atoms with van der Waals surface area (Å²) in [5, 5.41) is 3.10. The van der Waals surface area contributed by atoms with E-state index >= 15 is 0 Å². The van der Waals surface area contributed by atoms with Gasteiger partial charge in [-0.2, -0.15) is 0 Å². The van der Waals surface area contributed by atoms with E-state index in [1.54, 1.807) is 12.5 Å². The Labute approximate surface area is 114 Å². The Hall–Kier alpha value is -1.36. The quantitative estimate of drug-likeness (QED) is 0.838. The van der Waals surface area contributed by atoms with Gasteiger partial charge in [0.1, 0.15) is 0 Å². The number of rotatable bonds is 5. The highest BCUT2D eigenvalue weighted by Crippen LogP contribution is 2.28. The first kappa shape index (κ1) is 14.1. The van der Waals surface area contributed by atoms with Crippen LogP contribution in [0.2, 0.25) is 0 Å². The second-order valence-electron chi connectivity index (χ2n) is 5.62. The zero-order chi connectivity index (χ0) is 13.7. The SMILES string of the molecule is CC(Cn1ccnc1)NC(=O)C1CCC(CN)CC1. The Kier molecular flexibility index (Phi) is 4.96. The molecule has 1 saturated carbocycles. The van der Waals surface area contributed by atoms with E-state index < -0.39 is 0 Å². The molecule has 5 nitrogen and oxygen atoms in total. The number of hydrogen-bond donors (Lipinski definition) is 2. The molecule has 1 amide bonds. The number of nitrogens with one attached hydrogen (secondary N) is 1. The standard InChI is InChI=1S/C14H24N4O/c1-11(9-18-7-6-16-10-18)17-14(19)13-4-2-12(8-15)3-5-13/h6-7,10-13H,2-5,8-9,15H2,1H3,(H,17,19). The lowest BCUT2D eigenvalue weighted by Crippen LogP contribution is -2.40. The molecule has 1 atom stereocenters. The van der Waals surface area contributed by atoms with E-state index in [0.29, 0.717) is 5.92 Å². The number of aromatic nitrogens is 2. The summed E-state index contributed by atoms with van der Waals surface area (Å²) in [5.41, 5.74) is 5.67. The molecule has 106 valence electrons. The monoisotopic (exact) mass is 264 g/mol. The van der Waals surface area contributed by atoms with Gasteiger partial charge >= 0.3 is 0 Å². The van der Waals surface area contributed by atoms with E-state index in [4.69, 9.17) is 5.73 Å². The number of nitrogens with zero attached hydrogens (tertiary/aromatic N) is 2. The number of imidazole rings is 1. The topological polar surface area (TPSA) is 72.9 Å². The van der Waals surface area contributed by atoms with Crippen molar-refractivity contribution in [3.05, 3.63) is 18.7 Å². The van der Waals surface area contributed by atoms with Crippen molar-refractivity contribution >= 4 is 5.91 Å². The molecule has 0 radical (unpaired) electrons. The van der Waals surface area contributed by atoms with Gasteiger partial charge in [-0.15, -0.1) is 0 Å². The van der Waals surface area contributed by atoms with Crippen molar-refractivity contribution in [2.45, 2.75) is 45.2 Å². The molecular weight excluding hydrogens is 240 g/mol. The maximum Gasteiger partial charge on any atom is 0.223 e. The highest BCUT2D eigenvalue weighted by Gasteiger charge is 2.26. The molecule has 3 N–H and O–H groups in total. The van der Waals surface area contributed by atoms with Crippen molar-refractivity contribution in [2.75, 3.05) is 6.54 Å². The van der Waals surface area contributed by atoms with E-state index in [9.17, 15) is 4.79 Å². The molecule has 1 unspecified atom stereocenters. The minimum atomic E-state index is 0.133. The van der Waals surface area contributed by atoms with Gasteiger partial charge in [-0.05, 0) is 45.1 Å². The van der Waals surface area contributed by atoms with Gasteiger partial charge in [0.2, 0.25) is 5.91 Å². The van der Waals surface area contributed by atoms with Crippen LogP contribution in [0.25, 0.3) is 0 Å². The number of hydrogen-bond acceptors (Lipinski definition) is 3. The van der Waals surface area contributed by atoms with Crippen molar-refractivity contribution < 1.29 is 4.79 Å². The summed E-state index contributed by atoms with van der Waals surface area (Å²) in [6, 6.07) is 0.133. The van der Waals surface area contributed by atoms with Gasteiger partial charge in [0.25, 0.3) is 0 Å². The number of nitrogens with two attached hydrogens (primary N) is 1. The van der Waals surface area contributed by atoms with Crippen LogP contribution in [-0.4, -0.2) is 28.0 Å². The Morgan fingerprint density at radius 1 is 1.47 bits per heavy atom. The van der Waals surface area contributed by atoms with Crippen LogP contribution in [0.15, 0.2) is 18.7 Å². The fourth-order valence-electron chi connectivity index (χ4n) is 2.78. The molecule has 1 aromatic heterocycles. The average molecular weight is 264 g/mol. The summed E-state index contributed by atoms with van der Waals surface area (Å²) >= 11 is 0. The maximum absolute atomic E-state index is 12.2. The maximum atomic E-state index is 12.2. The fraction of sp³-hybridized carbons (Fsp3) is 0.714. The third-order valence-electron chi connectivity index (χ3n) is 3.98. The summed E-state index contributed by atoms with van der Waals surface area (Å²) < 4.78 is 1.98. The summed E-state index contributed by atoms with van der Waals surface area (Å²) in [4.78, 5) is 16.2. The molecule has 19 heavy (non-hydrogen) atoms. The van der Waals surface area contributed by atoms with Crippen LogP contribution >= 0.6 is 0 Å². The van der Waals surface area contributed by atoms with Gasteiger partial charge in [-0.25, -0.2) is 4.98 Å². The van der Waals surface area contributed by atoms with E-state index in [0.717, 1.165) is 38.8 Å².